The van der Waals surface area contributed by atoms with E-state index in [1.54, 1.807) is 6.20 Å². The van der Waals surface area contributed by atoms with Gasteiger partial charge in [0.05, 0.1) is 30.6 Å². The molecule has 3 N–H and O–H groups in total. The molecule has 18 heavy (non-hydrogen) atoms. The standard InChI is InChI=1S/C12H24N4O2/c1-5-12(8-17,9-18)14-7-10-6-13-11(15(2)3)16(10)4/h6,14,17-18H,5,7-9H2,1-4H3. The van der Waals surface area contributed by atoms with E-state index in [4.69, 9.17) is 0 Å². The van der Waals surface area contributed by atoms with E-state index in [0.29, 0.717) is 13.0 Å². The molecule has 0 saturated heterocycles. The lowest BCUT2D eigenvalue weighted by Gasteiger charge is -2.29. The molecule has 6 heteroatoms. The second kappa shape index (κ2) is 6.17. The van der Waals surface area contributed by atoms with Gasteiger partial charge in [-0.1, -0.05) is 6.92 Å². The van der Waals surface area contributed by atoms with Crippen LogP contribution >= 0.6 is 0 Å². The number of nitrogens with one attached hydrogen (secondary N) is 1. The van der Waals surface area contributed by atoms with Crippen LogP contribution in [0.5, 0.6) is 0 Å². The van der Waals surface area contributed by atoms with Crippen LogP contribution in [0.1, 0.15) is 19.0 Å². The number of aliphatic hydroxyl groups excluding tert-OH is 2. The molecule has 1 heterocycles. The van der Waals surface area contributed by atoms with Gasteiger partial charge in [-0.15, -0.1) is 0 Å². The Morgan fingerprint density at radius 3 is 2.39 bits per heavy atom. The van der Waals surface area contributed by atoms with Gasteiger partial charge in [-0.25, -0.2) is 4.98 Å². The summed E-state index contributed by atoms with van der Waals surface area (Å²) in [6, 6.07) is 0. The second-order valence-corrected chi connectivity index (χ2v) is 4.81. The Balaban J connectivity index is 2.74. The van der Waals surface area contributed by atoms with E-state index >= 15 is 0 Å². The first-order valence-electron chi connectivity index (χ1n) is 6.14. The molecular formula is C12H24N4O2. The average molecular weight is 256 g/mol. The number of anilines is 1. The number of aliphatic hydroxyl groups is 2. The lowest BCUT2D eigenvalue weighted by Crippen LogP contribution is -2.51. The van der Waals surface area contributed by atoms with Gasteiger partial charge in [-0.05, 0) is 6.42 Å². The predicted molar refractivity (Wildman–Crippen MR) is 71.6 cm³/mol. The molecule has 0 bridgehead atoms. The Bertz CT molecular complexity index is 364. The lowest BCUT2D eigenvalue weighted by molar-refractivity contribution is 0.0859. The highest BCUT2D eigenvalue weighted by Crippen LogP contribution is 2.13. The average Bonchev–Trinajstić information content (AvgIpc) is 2.73. The minimum atomic E-state index is -0.622. The van der Waals surface area contributed by atoms with Crippen molar-refractivity contribution in [3.63, 3.8) is 0 Å². The molecule has 0 spiro atoms. The van der Waals surface area contributed by atoms with Crippen molar-refractivity contribution in [2.24, 2.45) is 7.05 Å². The highest BCUT2D eigenvalue weighted by atomic mass is 16.3. The van der Waals surface area contributed by atoms with Gasteiger partial charge < -0.3 is 25.0 Å². The van der Waals surface area contributed by atoms with Gasteiger partial charge >= 0.3 is 0 Å². The summed E-state index contributed by atoms with van der Waals surface area (Å²) in [6.45, 7) is 2.33. The van der Waals surface area contributed by atoms with Gasteiger partial charge in [0.15, 0.2) is 0 Å². The zero-order chi connectivity index (χ0) is 13.8. The summed E-state index contributed by atoms with van der Waals surface area (Å²) < 4.78 is 1.99. The number of hydrogen-bond acceptors (Lipinski definition) is 5. The largest absolute Gasteiger partial charge is 0.394 e. The topological polar surface area (TPSA) is 73.5 Å². The molecule has 104 valence electrons. The van der Waals surface area contributed by atoms with Crippen LogP contribution in [0.4, 0.5) is 5.95 Å². The van der Waals surface area contributed by atoms with Gasteiger partial charge in [0.1, 0.15) is 0 Å². The third-order valence-electron chi connectivity index (χ3n) is 3.39. The fraction of sp³-hybridized carbons (Fsp3) is 0.750. The van der Waals surface area contributed by atoms with Crippen molar-refractivity contribution in [1.29, 1.82) is 0 Å². The molecule has 1 aromatic rings. The quantitative estimate of drug-likeness (QED) is 0.625. The summed E-state index contributed by atoms with van der Waals surface area (Å²) in [5, 5.41) is 21.9. The van der Waals surface area contributed by atoms with Gasteiger partial charge in [0.25, 0.3) is 0 Å². The van der Waals surface area contributed by atoms with E-state index in [2.05, 4.69) is 10.3 Å². The molecular weight excluding hydrogens is 232 g/mol. The summed E-state index contributed by atoms with van der Waals surface area (Å²) >= 11 is 0. The van der Waals surface area contributed by atoms with Gasteiger partial charge in [0.2, 0.25) is 5.95 Å². The van der Waals surface area contributed by atoms with Crippen molar-refractivity contribution in [1.82, 2.24) is 14.9 Å². The summed E-state index contributed by atoms with van der Waals surface area (Å²) in [5.74, 6) is 0.877. The van der Waals surface area contributed by atoms with E-state index in [1.807, 2.05) is 37.5 Å². The first-order chi connectivity index (χ1) is 8.49. The Morgan fingerprint density at radius 2 is 2.00 bits per heavy atom. The summed E-state index contributed by atoms with van der Waals surface area (Å²) in [5.41, 5.74) is 0.390. The molecule has 0 aromatic carbocycles. The first-order valence-corrected chi connectivity index (χ1v) is 6.14. The summed E-state index contributed by atoms with van der Waals surface area (Å²) in [6.07, 6.45) is 2.47. The Hall–Kier alpha value is -1.11. The molecule has 0 aliphatic heterocycles. The molecule has 6 nitrogen and oxygen atoms in total. The molecule has 0 saturated carbocycles. The van der Waals surface area contributed by atoms with E-state index in [9.17, 15) is 10.2 Å². The highest BCUT2D eigenvalue weighted by molar-refractivity contribution is 5.30. The summed E-state index contributed by atoms with van der Waals surface area (Å²) in [7, 11) is 5.83. The van der Waals surface area contributed by atoms with E-state index in [-0.39, 0.29) is 13.2 Å². The number of hydrogen-bond donors (Lipinski definition) is 3. The zero-order valence-corrected chi connectivity index (χ0v) is 11.6. The van der Waals surface area contributed by atoms with E-state index in [0.717, 1.165) is 11.6 Å². The first kappa shape index (κ1) is 14.9. The van der Waals surface area contributed by atoms with Gasteiger partial charge in [0, 0.05) is 27.7 Å². The molecule has 0 radical (unpaired) electrons. The third-order valence-corrected chi connectivity index (χ3v) is 3.39. The number of nitrogens with zero attached hydrogens (tertiary/aromatic N) is 3. The molecule has 0 atom stereocenters. The van der Waals surface area contributed by atoms with Crippen LogP contribution in [0.15, 0.2) is 6.20 Å². The maximum absolute atomic E-state index is 9.36. The predicted octanol–water partition coefficient (Wildman–Crippen LogP) is -0.291. The summed E-state index contributed by atoms with van der Waals surface area (Å²) in [4.78, 5) is 6.26. The fourth-order valence-electron chi connectivity index (χ4n) is 1.80. The number of imidazole rings is 1. The van der Waals surface area contributed by atoms with Crippen molar-refractivity contribution in [2.75, 3.05) is 32.2 Å². The van der Waals surface area contributed by atoms with Crippen LogP contribution in [0.2, 0.25) is 0 Å². The van der Waals surface area contributed by atoms with E-state index in [1.165, 1.54) is 0 Å². The molecule has 1 rings (SSSR count). The molecule has 0 aliphatic carbocycles. The van der Waals surface area contributed by atoms with Crippen LogP contribution in [0, 0.1) is 0 Å². The smallest absolute Gasteiger partial charge is 0.204 e. The normalized spacial score (nSPS) is 11.9. The van der Waals surface area contributed by atoms with Crippen molar-refractivity contribution in [2.45, 2.75) is 25.4 Å². The van der Waals surface area contributed by atoms with Crippen molar-refractivity contribution in [3.8, 4) is 0 Å². The molecule has 0 fully saturated rings. The molecule has 0 unspecified atom stereocenters. The third kappa shape index (κ3) is 3.01. The maximum atomic E-state index is 9.36. The molecule has 0 amide bonds. The zero-order valence-electron chi connectivity index (χ0n) is 11.6. The Kier molecular flexibility index (Phi) is 5.13. The van der Waals surface area contributed by atoms with Gasteiger partial charge in [-0.2, -0.15) is 0 Å². The van der Waals surface area contributed by atoms with Crippen LogP contribution in [-0.2, 0) is 13.6 Å². The van der Waals surface area contributed by atoms with Crippen molar-refractivity contribution < 1.29 is 10.2 Å². The SMILES string of the molecule is CCC(CO)(CO)NCc1cnc(N(C)C)n1C. The van der Waals surface area contributed by atoms with Crippen LogP contribution in [0.25, 0.3) is 0 Å². The number of aromatic nitrogens is 2. The Labute approximate surface area is 108 Å². The van der Waals surface area contributed by atoms with Gasteiger partial charge in [-0.3, -0.25) is 0 Å². The molecule has 0 aliphatic rings. The van der Waals surface area contributed by atoms with Crippen molar-refractivity contribution >= 4 is 5.95 Å². The fourth-order valence-corrected chi connectivity index (χ4v) is 1.80. The minimum absolute atomic E-state index is 0.0849. The van der Waals surface area contributed by atoms with Crippen LogP contribution in [-0.4, -0.2) is 52.6 Å². The van der Waals surface area contributed by atoms with E-state index < -0.39 is 5.54 Å². The van der Waals surface area contributed by atoms with Crippen molar-refractivity contribution in [3.05, 3.63) is 11.9 Å². The van der Waals surface area contributed by atoms with Crippen LogP contribution < -0.4 is 10.2 Å². The lowest BCUT2D eigenvalue weighted by atomic mass is 9.98. The van der Waals surface area contributed by atoms with Crippen LogP contribution in [0.3, 0.4) is 0 Å². The maximum Gasteiger partial charge on any atom is 0.204 e. The molecule has 1 aromatic heterocycles. The minimum Gasteiger partial charge on any atom is -0.394 e. The monoisotopic (exact) mass is 256 g/mol. The Morgan fingerprint density at radius 1 is 1.39 bits per heavy atom. The second-order valence-electron chi connectivity index (χ2n) is 4.81. The highest BCUT2D eigenvalue weighted by Gasteiger charge is 2.26. The number of rotatable bonds is 7.